The normalized spacial score (nSPS) is 22.9. The number of hydrogen-bond donors (Lipinski definition) is 1. The maximum absolute atomic E-state index is 12.8. The molecule has 0 amide bonds. The van der Waals surface area contributed by atoms with Crippen LogP contribution in [0, 0.1) is 5.82 Å². The Hall–Kier alpha value is -0.580. The molecule has 0 spiro atoms. The zero-order chi connectivity index (χ0) is 13.0. The fraction of sp³-hybridized carbons (Fsp3) is 0.571. The number of benzene rings is 1. The molecule has 2 nitrogen and oxygen atoms in total. The summed E-state index contributed by atoms with van der Waals surface area (Å²) in [5.74, 6) is 0.918. The molecule has 1 aliphatic rings. The van der Waals surface area contributed by atoms with Gasteiger partial charge in [-0.1, -0.05) is 19.1 Å². The average molecular weight is 269 g/mol. The van der Waals surface area contributed by atoms with Crippen LogP contribution in [0.5, 0.6) is 0 Å². The first-order valence-electron chi connectivity index (χ1n) is 6.42. The number of aliphatic hydroxyl groups is 1. The third-order valence-electron chi connectivity index (χ3n) is 3.30. The minimum absolute atomic E-state index is 0.257. The van der Waals surface area contributed by atoms with Crippen LogP contribution in [0.25, 0.3) is 0 Å². The van der Waals surface area contributed by atoms with Gasteiger partial charge in [-0.15, -0.1) is 0 Å². The summed E-state index contributed by atoms with van der Waals surface area (Å²) in [6, 6.07) is 6.12. The van der Waals surface area contributed by atoms with E-state index in [4.69, 9.17) is 0 Å². The van der Waals surface area contributed by atoms with Gasteiger partial charge >= 0.3 is 0 Å². The van der Waals surface area contributed by atoms with Gasteiger partial charge in [-0.3, -0.25) is 0 Å². The molecule has 1 aliphatic heterocycles. The van der Waals surface area contributed by atoms with Crippen LogP contribution in [0.3, 0.4) is 0 Å². The Labute approximate surface area is 112 Å². The minimum Gasteiger partial charge on any atom is -0.388 e. The molecule has 0 bridgehead atoms. The van der Waals surface area contributed by atoms with Gasteiger partial charge in [0.2, 0.25) is 0 Å². The number of halogens is 1. The molecule has 2 rings (SSSR count). The van der Waals surface area contributed by atoms with E-state index in [2.05, 4.69) is 11.8 Å². The second-order valence-corrected chi connectivity index (χ2v) is 6.38. The second kappa shape index (κ2) is 6.55. The van der Waals surface area contributed by atoms with E-state index in [-0.39, 0.29) is 5.82 Å². The molecule has 18 heavy (non-hydrogen) atoms. The Morgan fingerprint density at radius 1 is 1.44 bits per heavy atom. The third-order valence-corrected chi connectivity index (χ3v) is 4.44. The van der Waals surface area contributed by atoms with Gasteiger partial charge in [0.15, 0.2) is 0 Å². The monoisotopic (exact) mass is 269 g/mol. The van der Waals surface area contributed by atoms with Crippen molar-refractivity contribution in [1.29, 1.82) is 0 Å². The van der Waals surface area contributed by atoms with Crippen LogP contribution in [0.1, 0.15) is 25.0 Å². The fourth-order valence-electron chi connectivity index (χ4n) is 2.25. The Morgan fingerprint density at radius 2 is 2.17 bits per heavy atom. The Morgan fingerprint density at radius 3 is 2.83 bits per heavy atom. The molecule has 1 fully saturated rings. The van der Waals surface area contributed by atoms with Gasteiger partial charge in [0.25, 0.3) is 0 Å². The third kappa shape index (κ3) is 3.97. The first kappa shape index (κ1) is 13.8. The standard InChI is InChI=1S/C14H20FNOS/c1-11-10-16(8-9-18-11)7-6-14(17)12-2-4-13(15)5-3-12/h2-5,11,14,17H,6-10H2,1H3. The average Bonchev–Trinajstić information content (AvgIpc) is 2.37. The molecule has 0 radical (unpaired) electrons. The Kier molecular flexibility index (Phi) is 5.03. The van der Waals surface area contributed by atoms with E-state index < -0.39 is 6.10 Å². The molecule has 1 heterocycles. The highest BCUT2D eigenvalue weighted by molar-refractivity contribution is 7.99. The van der Waals surface area contributed by atoms with Crippen molar-refractivity contribution in [1.82, 2.24) is 4.90 Å². The summed E-state index contributed by atoms with van der Waals surface area (Å²) in [4.78, 5) is 2.40. The van der Waals surface area contributed by atoms with Crippen LogP contribution in [-0.4, -0.2) is 40.6 Å². The van der Waals surface area contributed by atoms with Gasteiger partial charge in [-0.05, 0) is 24.1 Å². The maximum Gasteiger partial charge on any atom is 0.123 e. The van der Waals surface area contributed by atoms with Crippen molar-refractivity contribution in [2.75, 3.05) is 25.4 Å². The SMILES string of the molecule is CC1CN(CCC(O)c2ccc(F)cc2)CCS1. The molecule has 2 unspecified atom stereocenters. The quantitative estimate of drug-likeness (QED) is 0.909. The van der Waals surface area contributed by atoms with Crippen LogP contribution in [0.2, 0.25) is 0 Å². The first-order chi connectivity index (χ1) is 8.65. The van der Waals surface area contributed by atoms with E-state index in [1.165, 1.54) is 17.9 Å². The predicted molar refractivity (Wildman–Crippen MR) is 74.3 cm³/mol. The van der Waals surface area contributed by atoms with Gasteiger partial charge in [-0.2, -0.15) is 11.8 Å². The maximum atomic E-state index is 12.8. The highest BCUT2D eigenvalue weighted by Gasteiger charge is 2.17. The summed E-state index contributed by atoms with van der Waals surface area (Å²) in [6.07, 6.45) is 0.221. The molecule has 1 aromatic carbocycles. The molecule has 1 saturated heterocycles. The van der Waals surface area contributed by atoms with E-state index in [1.54, 1.807) is 12.1 Å². The lowest BCUT2D eigenvalue weighted by atomic mass is 10.1. The molecular weight excluding hydrogens is 249 g/mol. The summed E-state index contributed by atoms with van der Waals surface area (Å²) in [6.45, 7) is 5.35. The summed E-state index contributed by atoms with van der Waals surface area (Å²) >= 11 is 2.01. The van der Waals surface area contributed by atoms with E-state index in [0.29, 0.717) is 11.7 Å². The second-order valence-electron chi connectivity index (χ2n) is 4.84. The predicted octanol–water partition coefficient (Wildman–Crippen LogP) is 2.69. The van der Waals surface area contributed by atoms with Crippen LogP contribution >= 0.6 is 11.8 Å². The summed E-state index contributed by atoms with van der Waals surface area (Å²) in [5.41, 5.74) is 0.802. The van der Waals surface area contributed by atoms with Crippen molar-refractivity contribution in [2.45, 2.75) is 24.7 Å². The lowest BCUT2D eigenvalue weighted by Gasteiger charge is -2.31. The largest absolute Gasteiger partial charge is 0.388 e. The van der Waals surface area contributed by atoms with Crippen LogP contribution in [0.15, 0.2) is 24.3 Å². The Balaban J connectivity index is 1.80. The van der Waals surface area contributed by atoms with Gasteiger partial charge in [0, 0.05) is 30.6 Å². The fourth-order valence-corrected chi connectivity index (χ4v) is 3.33. The smallest absolute Gasteiger partial charge is 0.123 e. The topological polar surface area (TPSA) is 23.5 Å². The highest BCUT2D eigenvalue weighted by atomic mass is 32.2. The van der Waals surface area contributed by atoms with Crippen LogP contribution in [0.4, 0.5) is 4.39 Å². The van der Waals surface area contributed by atoms with Crippen LogP contribution in [-0.2, 0) is 0 Å². The summed E-state index contributed by atoms with van der Waals surface area (Å²) in [7, 11) is 0. The number of rotatable bonds is 4. The number of nitrogens with zero attached hydrogens (tertiary/aromatic N) is 1. The van der Waals surface area contributed by atoms with Gasteiger partial charge in [0.1, 0.15) is 5.82 Å². The number of hydrogen-bond acceptors (Lipinski definition) is 3. The van der Waals surface area contributed by atoms with Gasteiger partial charge in [0.05, 0.1) is 6.10 Å². The van der Waals surface area contributed by atoms with Gasteiger partial charge in [-0.25, -0.2) is 4.39 Å². The molecule has 1 N–H and O–H groups in total. The zero-order valence-corrected chi connectivity index (χ0v) is 11.5. The zero-order valence-electron chi connectivity index (χ0n) is 10.7. The number of aliphatic hydroxyl groups excluding tert-OH is 1. The van der Waals surface area contributed by atoms with Crippen molar-refractivity contribution >= 4 is 11.8 Å². The minimum atomic E-state index is -0.490. The number of thioether (sulfide) groups is 1. The lowest BCUT2D eigenvalue weighted by molar-refractivity contribution is 0.143. The molecule has 100 valence electrons. The van der Waals surface area contributed by atoms with E-state index in [9.17, 15) is 9.50 Å². The Bertz CT molecular complexity index is 371. The molecule has 1 aromatic rings. The summed E-state index contributed by atoms with van der Waals surface area (Å²) in [5, 5.41) is 10.7. The van der Waals surface area contributed by atoms with Crippen molar-refractivity contribution in [2.24, 2.45) is 0 Å². The van der Waals surface area contributed by atoms with E-state index in [1.807, 2.05) is 11.8 Å². The van der Waals surface area contributed by atoms with Crippen molar-refractivity contribution in [3.8, 4) is 0 Å². The van der Waals surface area contributed by atoms with Crippen LogP contribution < -0.4 is 0 Å². The van der Waals surface area contributed by atoms with E-state index >= 15 is 0 Å². The molecule has 0 saturated carbocycles. The molecule has 0 aliphatic carbocycles. The first-order valence-corrected chi connectivity index (χ1v) is 7.47. The molecule has 0 aromatic heterocycles. The van der Waals surface area contributed by atoms with Crippen molar-refractivity contribution in [3.05, 3.63) is 35.6 Å². The van der Waals surface area contributed by atoms with Gasteiger partial charge < -0.3 is 10.0 Å². The highest BCUT2D eigenvalue weighted by Crippen LogP contribution is 2.21. The van der Waals surface area contributed by atoms with E-state index in [0.717, 1.165) is 25.2 Å². The van der Waals surface area contributed by atoms with Crippen molar-refractivity contribution in [3.63, 3.8) is 0 Å². The van der Waals surface area contributed by atoms with Crippen molar-refractivity contribution < 1.29 is 9.50 Å². The summed E-state index contributed by atoms with van der Waals surface area (Å²) < 4.78 is 12.8. The molecule has 2 atom stereocenters. The molecule has 4 heteroatoms. The molecular formula is C14H20FNOS. The lowest BCUT2D eigenvalue weighted by Crippen LogP contribution is -2.37.